The molecule has 2 aromatic carbocycles. The van der Waals surface area contributed by atoms with Crippen LogP contribution in [-0.2, 0) is 13.0 Å². The Labute approximate surface area is 155 Å². The zero-order chi connectivity index (χ0) is 18.8. The second-order valence-electron chi connectivity index (χ2n) is 6.75. The molecule has 0 amide bonds. The van der Waals surface area contributed by atoms with Crippen molar-refractivity contribution in [3.63, 3.8) is 0 Å². The lowest BCUT2D eigenvalue weighted by Gasteiger charge is -2.08. The van der Waals surface area contributed by atoms with Gasteiger partial charge >= 0.3 is 5.97 Å². The minimum absolute atomic E-state index is 0.000924. The maximum Gasteiger partial charge on any atom is 0.335 e. The quantitative estimate of drug-likeness (QED) is 0.655. The van der Waals surface area contributed by atoms with Gasteiger partial charge in [-0.25, -0.2) is 9.18 Å². The number of aromatic carboxylic acids is 1. The summed E-state index contributed by atoms with van der Waals surface area (Å²) in [5, 5.41) is 13.0. The number of carboxylic acid groups (broad SMARTS) is 1. The number of rotatable bonds is 7. The van der Waals surface area contributed by atoms with Crippen LogP contribution in [0.25, 0.3) is 11.3 Å². The number of carbonyl (C=O) groups is 1. The highest BCUT2D eigenvalue weighted by molar-refractivity contribution is 5.87. The van der Waals surface area contributed by atoms with Gasteiger partial charge in [0.15, 0.2) is 0 Å². The summed E-state index contributed by atoms with van der Waals surface area (Å²) in [6.07, 6.45) is 3.43. The Morgan fingerprint density at radius 2 is 2.07 bits per heavy atom. The SMILES string of the molecule is O=C(O)c1ccc(COc2cccc(-c3cc(CC4CC4)on3)c2)c(F)c1. The van der Waals surface area contributed by atoms with Crippen LogP contribution in [0, 0.1) is 11.7 Å². The van der Waals surface area contributed by atoms with Gasteiger partial charge in [0.05, 0.1) is 5.56 Å². The molecule has 1 saturated carbocycles. The average molecular weight is 367 g/mol. The zero-order valence-electron chi connectivity index (χ0n) is 14.5. The van der Waals surface area contributed by atoms with Crippen molar-refractivity contribution in [2.24, 2.45) is 5.92 Å². The van der Waals surface area contributed by atoms with E-state index in [1.54, 1.807) is 6.07 Å². The standard InChI is InChI=1S/C21H18FNO4/c22-19-10-15(21(24)25)6-7-16(19)12-26-17-3-1-2-14(9-17)20-11-18(27-23-20)8-13-4-5-13/h1-3,6-7,9-11,13H,4-5,8,12H2,(H,24,25). The Balaban J connectivity index is 1.45. The molecule has 0 spiro atoms. The van der Waals surface area contributed by atoms with Crippen molar-refractivity contribution in [3.05, 3.63) is 71.2 Å². The second kappa shape index (κ2) is 7.23. The molecule has 0 bridgehead atoms. The van der Waals surface area contributed by atoms with Gasteiger partial charge in [-0.2, -0.15) is 0 Å². The largest absolute Gasteiger partial charge is 0.489 e. The minimum Gasteiger partial charge on any atom is -0.489 e. The molecule has 138 valence electrons. The molecular weight excluding hydrogens is 349 g/mol. The molecule has 0 atom stereocenters. The minimum atomic E-state index is -1.16. The average Bonchev–Trinajstić information content (AvgIpc) is 3.35. The van der Waals surface area contributed by atoms with Gasteiger partial charge in [-0.05, 0) is 43.0 Å². The molecule has 27 heavy (non-hydrogen) atoms. The summed E-state index contributed by atoms with van der Waals surface area (Å²) >= 11 is 0. The normalized spacial score (nSPS) is 13.5. The zero-order valence-corrected chi connectivity index (χ0v) is 14.5. The van der Waals surface area contributed by atoms with Crippen molar-refractivity contribution in [2.75, 3.05) is 0 Å². The molecule has 3 aromatic rings. The van der Waals surface area contributed by atoms with Crippen LogP contribution >= 0.6 is 0 Å². The first-order valence-corrected chi connectivity index (χ1v) is 8.79. The Kier molecular flexibility index (Phi) is 4.62. The summed E-state index contributed by atoms with van der Waals surface area (Å²) in [6, 6.07) is 13.1. The third-order valence-corrected chi connectivity index (χ3v) is 4.57. The van der Waals surface area contributed by atoms with E-state index in [1.807, 2.05) is 24.3 Å². The lowest BCUT2D eigenvalue weighted by molar-refractivity contribution is 0.0696. The Bertz CT molecular complexity index is 978. The number of benzene rings is 2. The summed E-state index contributed by atoms with van der Waals surface area (Å²) < 4.78 is 25.1. The van der Waals surface area contributed by atoms with Crippen LogP contribution in [0.2, 0.25) is 0 Å². The summed E-state index contributed by atoms with van der Waals surface area (Å²) in [4.78, 5) is 10.9. The van der Waals surface area contributed by atoms with E-state index in [2.05, 4.69) is 5.16 Å². The maximum atomic E-state index is 14.0. The molecule has 0 radical (unpaired) electrons. The number of hydrogen-bond acceptors (Lipinski definition) is 4. The van der Waals surface area contributed by atoms with E-state index in [-0.39, 0.29) is 12.2 Å². The Morgan fingerprint density at radius 1 is 1.22 bits per heavy atom. The van der Waals surface area contributed by atoms with Gasteiger partial charge < -0.3 is 14.4 Å². The van der Waals surface area contributed by atoms with Gasteiger partial charge in [-0.15, -0.1) is 0 Å². The Hall–Kier alpha value is -3.15. The summed E-state index contributed by atoms with van der Waals surface area (Å²) in [5.41, 5.74) is 1.80. The molecular formula is C21H18FNO4. The van der Waals surface area contributed by atoms with Crippen LogP contribution in [0.15, 0.2) is 53.1 Å². The molecule has 1 fully saturated rings. The van der Waals surface area contributed by atoms with Crippen LogP contribution in [0.5, 0.6) is 5.75 Å². The molecule has 6 heteroatoms. The van der Waals surface area contributed by atoms with Gasteiger partial charge in [-0.3, -0.25) is 0 Å². The summed E-state index contributed by atoms with van der Waals surface area (Å²) in [5.74, 6) is 0.415. The molecule has 1 heterocycles. The number of aromatic nitrogens is 1. The monoisotopic (exact) mass is 367 g/mol. The summed E-state index contributed by atoms with van der Waals surface area (Å²) in [6.45, 7) is 0.000924. The van der Waals surface area contributed by atoms with Crippen molar-refractivity contribution >= 4 is 5.97 Å². The third-order valence-electron chi connectivity index (χ3n) is 4.57. The molecule has 5 nitrogen and oxygen atoms in total. The third kappa shape index (κ3) is 4.16. The lowest BCUT2D eigenvalue weighted by Crippen LogP contribution is -2.02. The predicted octanol–water partition coefficient (Wildman–Crippen LogP) is 4.71. The fourth-order valence-electron chi connectivity index (χ4n) is 2.86. The van der Waals surface area contributed by atoms with Crippen molar-refractivity contribution in [1.82, 2.24) is 5.16 Å². The van der Waals surface area contributed by atoms with Crippen molar-refractivity contribution in [2.45, 2.75) is 25.9 Å². The number of carboxylic acids is 1. The van der Waals surface area contributed by atoms with Gasteiger partial charge in [0.25, 0.3) is 0 Å². The van der Waals surface area contributed by atoms with Gasteiger partial charge in [-0.1, -0.05) is 23.4 Å². The van der Waals surface area contributed by atoms with Crippen LogP contribution < -0.4 is 4.74 Å². The maximum absolute atomic E-state index is 14.0. The van der Waals surface area contributed by atoms with Crippen molar-refractivity contribution < 1.29 is 23.6 Å². The first-order valence-electron chi connectivity index (χ1n) is 8.79. The Morgan fingerprint density at radius 3 is 2.81 bits per heavy atom. The van der Waals surface area contributed by atoms with E-state index in [0.29, 0.717) is 11.3 Å². The second-order valence-corrected chi connectivity index (χ2v) is 6.75. The lowest BCUT2D eigenvalue weighted by atomic mass is 10.1. The number of ether oxygens (including phenoxy) is 1. The highest BCUT2D eigenvalue weighted by atomic mass is 19.1. The summed E-state index contributed by atoms with van der Waals surface area (Å²) in [7, 11) is 0. The van der Waals surface area contributed by atoms with Crippen molar-refractivity contribution in [3.8, 4) is 17.0 Å². The van der Waals surface area contributed by atoms with Crippen LogP contribution in [0.1, 0.15) is 34.5 Å². The van der Waals surface area contributed by atoms with Crippen LogP contribution in [-0.4, -0.2) is 16.2 Å². The molecule has 0 aliphatic heterocycles. The molecule has 1 aromatic heterocycles. The molecule has 0 unspecified atom stereocenters. The molecule has 1 aliphatic rings. The molecule has 1 N–H and O–H groups in total. The predicted molar refractivity (Wildman–Crippen MR) is 96.1 cm³/mol. The van der Waals surface area contributed by atoms with E-state index in [4.69, 9.17) is 14.4 Å². The van der Waals surface area contributed by atoms with Gasteiger partial charge in [0.1, 0.15) is 29.6 Å². The molecule has 1 aliphatic carbocycles. The van der Waals surface area contributed by atoms with Crippen LogP contribution in [0.3, 0.4) is 0 Å². The molecule has 4 rings (SSSR count). The first-order chi connectivity index (χ1) is 13.1. The fraction of sp³-hybridized carbons (Fsp3) is 0.238. The smallest absolute Gasteiger partial charge is 0.335 e. The van der Waals surface area contributed by atoms with Gasteiger partial charge in [0, 0.05) is 23.6 Å². The topological polar surface area (TPSA) is 72.6 Å². The fourth-order valence-corrected chi connectivity index (χ4v) is 2.86. The highest BCUT2D eigenvalue weighted by Gasteiger charge is 2.23. The van der Waals surface area contributed by atoms with E-state index in [0.717, 1.165) is 35.4 Å². The van der Waals surface area contributed by atoms with E-state index in [1.165, 1.54) is 25.0 Å². The van der Waals surface area contributed by atoms with Gasteiger partial charge in [0.2, 0.25) is 0 Å². The number of nitrogens with zero attached hydrogens (tertiary/aromatic N) is 1. The first kappa shape index (κ1) is 17.3. The van der Waals surface area contributed by atoms with E-state index in [9.17, 15) is 9.18 Å². The number of halogens is 1. The van der Waals surface area contributed by atoms with Crippen molar-refractivity contribution in [1.29, 1.82) is 0 Å². The van der Waals surface area contributed by atoms with E-state index < -0.39 is 11.8 Å². The molecule has 0 saturated heterocycles. The van der Waals surface area contributed by atoms with Crippen LogP contribution in [0.4, 0.5) is 4.39 Å². The highest BCUT2D eigenvalue weighted by Crippen LogP contribution is 2.33. The van der Waals surface area contributed by atoms with E-state index >= 15 is 0 Å². The number of hydrogen-bond donors (Lipinski definition) is 1.